The van der Waals surface area contributed by atoms with Crippen LogP contribution >= 0.6 is 0 Å². The van der Waals surface area contributed by atoms with Crippen molar-refractivity contribution in [3.8, 4) is 11.5 Å². The van der Waals surface area contributed by atoms with Gasteiger partial charge in [0, 0.05) is 6.08 Å². The van der Waals surface area contributed by atoms with E-state index in [1.807, 2.05) is 0 Å². The fraction of sp³-hybridized carbons (Fsp3) is 0.450. The summed E-state index contributed by atoms with van der Waals surface area (Å²) in [6.45, 7) is 0.916. The van der Waals surface area contributed by atoms with Crippen molar-refractivity contribution in [3.05, 3.63) is 41.5 Å². The van der Waals surface area contributed by atoms with Crippen molar-refractivity contribution in [2.24, 2.45) is 0 Å². The monoisotopic (exact) mass is 426 g/mol. The Hall–Kier alpha value is -2.47. The summed E-state index contributed by atoms with van der Waals surface area (Å²) in [6, 6.07) is 3.93. The summed E-state index contributed by atoms with van der Waals surface area (Å²) < 4.78 is 15.9. The third kappa shape index (κ3) is 6.26. The molecule has 0 radical (unpaired) electrons. The maximum absolute atomic E-state index is 12.1. The molecule has 0 saturated carbocycles. The summed E-state index contributed by atoms with van der Waals surface area (Å²) in [5, 5.41) is 57.7. The van der Waals surface area contributed by atoms with Gasteiger partial charge in [0.2, 0.25) is 0 Å². The molecule has 0 amide bonds. The Morgan fingerprint density at radius 1 is 1.17 bits per heavy atom. The van der Waals surface area contributed by atoms with E-state index in [1.165, 1.54) is 30.4 Å². The van der Waals surface area contributed by atoms with Crippen molar-refractivity contribution >= 4 is 12.0 Å². The van der Waals surface area contributed by atoms with E-state index in [0.717, 1.165) is 6.08 Å². The topological polar surface area (TPSA) is 166 Å². The number of hydrogen-bond donors (Lipinski definition) is 6. The zero-order valence-corrected chi connectivity index (χ0v) is 16.3. The van der Waals surface area contributed by atoms with Gasteiger partial charge in [0.05, 0.1) is 19.8 Å². The number of rotatable bonds is 8. The third-order valence-corrected chi connectivity index (χ3v) is 4.40. The standard InChI is InChI=1S/C20H26O10/c1-11(6-7-21)10-28-20-18(27)17(26)19(15(9-22)29-20)30-16(25)5-3-12-2-4-13(23)14(24)8-12/h2-6,8,15,17-24,26-27H,7,9-10H2,1H3/t15-,17-,18-,19-,20-/m1/s1. The lowest BCUT2D eigenvalue weighted by Gasteiger charge is -2.41. The number of aromatic hydroxyl groups is 2. The minimum Gasteiger partial charge on any atom is -0.504 e. The molecule has 1 fully saturated rings. The van der Waals surface area contributed by atoms with Crippen molar-refractivity contribution in [3.63, 3.8) is 0 Å². The first-order valence-corrected chi connectivity index (χ1v) is 9.18. The largest absolute Gasteiger partial charge is 0.504 e. The van der Waals surface area contributed by atoms with E-state index in [4.69, 9.17) is 19.3 Å². The average molecular weight is 426 g/mol. The molecular weight excluding hydrogens is 400 g/mol. The van der Waals surface area contributed by atoms with Crippen LogP contribution in [-0.4, -0.2) is 87.1 Å². The van der Waals surface area contributed by atoms with Crippen LogP contribution in [0.15, 0.2) is 35.9 Å². The Kier molecular flexibility index (Phi) is 8.78. The molecule has 1 aromatic rings. The minimum absolute atomic E-state index is 0.0137. The fourth-order valence-electron chi connectivity index (χ4n) is 2.75. The van der Waals surface area contributed by atoms with Gasteiger partial charge in [-0.25, -0.2) is 4.79 Å². The maximum Gasteiger partial charge on any atom is 0.331 e. The highest BCUT2D eigenvalue weighted by Crippen LogP contribution is 2.26. The van der Waals surface area contributed by atoms with E-state index >= 15 is 0 Å². The molecule has 1 heterocycles. The zero-order valence-electron chi connectivity index (χ0n) is 16.3. The Morgan fingerprint density at radius 3 is 2.53 bits per heavy atom. The van der Waals surface area contributed by atoms with Crippen LogP contribution in [-0.2, 0) is 19.0 Å². The molecule has 0 aliphatic carbocycles. The Bertz CT molecular complexity index is 773. The Balaban J connectivity index is 2.00. The van der Waals surface area contributed by atoms with Gasteiger partial charge in [0.15, 0.2) is 23.9 Å². The van der Waals surface area contributed by atoms with E-state index in [0.29, 0.717) is 11.1 Å². The minimum atomic E-state index is -1.59. The van der Waals surface area contributed by atoms with Crippen LogP contribution in [0.2, 0.25) is 0 Å². The van der Waals surface area contributed by atoms with Gasteiger partial charge in [-0.05, 0) is 36.3 Å². The van der Waals surface area contributed by atoms with Crippen LogP contribution in [0, 0.1) is 0 Å². The number of ether oxygens (including phenoxy) is 3. The summed E-state index contributed by atoms with van der Waals surface area (Å²) in [7, 11) is 0. The van der Waals surface area contributed by atoms with Crippen molar-refractivity contribution in [2.75, 3.05) is 19.8 Å². The van der Waals surface area contributed by atoms with E-state index < -0.39 is 43.3 Å². The van der Waals surface area contributed by atoms with Gasteiger partial charge in [-0.1, -0.05) is 12.1 Å². The van der Waals surface area contributed by atoms with Crippen molar-refractivity contribution in [1.29, 1.82) is 0 Å². The molecule has 1 aromatic carbocycles. The molecule has 10 heteroatoms. The highest BCUT2D eigenvalue weighted by atomic mass is 16.7. The predicted octanol–water partition coefficient (Wildman–Crippen LogP) is -0.583. The molecule has 30 heavy (non-hydrogen) atoms. The first-order valence-electron chi connectivity index (χ1n) is 9.18. The zero-order chi connectivity index (χ0) is 22.3. The lowest BCUT2D eigenvalue weighted by Crippen LogP contribution is -2.60. The maximum atomic E-state index is 12.1. The van der Waals surface area contributed by atoms with Crippen molar-refractivity contribution in [2.45, 2.75) is 37.6 Å². The molecule has 1 aliphatic heterocycles. The number of aliphatic hydroxyl groups excluding tert-OH is 4. The van der Waals surface area contributed by atoms with Crippen LogP contribution in [0.1, 0.15) is 12.5 Å². The molecule has 6 N–H and O–H groups in total. The molecule has 1 aliphatic rings. The van der Waals surface area contributed by atoms with Gasteiger partial charge in [-0.15, -0.1) is 0 Å². The Morgan fingerprint density at radius 2 is 1.90 bits per heavy atom. The number of benzene rings is 1. The number of aliphatic hydroxyl groups is 4. The quantitative estimate of drug-likeness (QED) is 0.137. The Labute approximate surface area is 172 Å². The highest BCUT2D eigenvalue weighted by molar-refractivity contribution is 5.87. The molecule has 0 unspecified atom stereocenters. The molecule has 166 valence electrons. The lowest BCUT2D eigenvalue weighted by atomic mass is 9.99. The summed E-state index contributed by atoms with van der Waals surface area (Å²) in [5.74, 6) is -1.56. The van der Waals surface area contributed by atoms with E-state index in [2.05, 4.69) is 0 Å². The predicted molar refractivity (Wildman–Crippen MR) is 103 cm³/mol. The number of carbonyl (C=O) groups is 1. The first-order chi connectivity index (χ1) is 14.3. The van der Waals surface area contributed by atoms with Gasteiger partial charge in [-0.2, -0.15) is 0 Å². The second-order valence-corrected chi connectivity index (χ2v) is 6.73. The number of esters is 1. The molecule has 5 atom stereocenters. The summed E-state index contributed by atoms with van der Waals surface area (Å²) in [6.07, 6.45) is -3.09. The average Bonchev–Trinajstić information content (AvgIpc) is 2.72. The molecule has 0 bridgehead atoms. The van der Waals surface area contributed by atoms with Gasteiger partial charge in [-0.3, -0.25) is 0 Å². The smallest absolute Gasteiger partial charge is 0.331 e. The SMILES string of the molecule is CC(=CCO)CO[C@@H]1O[C@H](CO)[C@@H](OC(=O)C=Cc2ccc(O)c(O)c2)[C@H](O)[C@H]1O. The molecule has 0 aromatic heterocycles. The second-order valence-electron chi connectivity index (χ2n) is 6.73. The van der Waals surface area contributed by atoms with E-state index in [1.54, 1.807) is 6.92 Å². The third-order valence-electron chi connectivity index (χ3n) is 4.40. The molecule has 1 saturated heterocycles. The number of phenols is 2. The van der Waals surface area contributed by atoms with Crippen LogP contribution in [0.5, 0.6) is 11.5 Å². The molecule has 2 rings (SSSR count). The summed E-state index contributed by atoms with van der Waals surface area (Å²) in [5.41, 5.74) is 1.07. The van der Waals surface area contributed by atoms with Crippen molar-refractivity contribution in [1.82, 2.24) is 0 Å². The van der Waals surface area contributed by atoms with E-state index in [-0.39, 0.29) is 24.7 Å². The highest BCUT2D eigenvalue weighted by Gasteiger charge is 2.46. The van der Waals surface area contributed by atoms with Gasteiger partial charge < -0.3 is 44.8 Å². The number of carbonyl (C=O) groups excluding carboxylic acids is 1. The van der Waals surface area contributed by atoms with Crippen molar-refractivity contribution < 1.29 is 49.6 Å². The van der Waals surface area contributed by atoms with Crippen LogP contribution in [0.4, 0.5) is 0 Å². The number of phenolic OH excluding ortho intramolecular Hbond substituents is 2. The fourth-order valence-corrected chi connectivity index (χ4v) is 2.75. The van der Waals surface area contributed by atoms with E-state index in [9.17, 15) is 30.3 Å². The van der Waals surface area contributed by atoms with Gasteiger partial charge >= 0.3 is 5.97 Å². The lowest BCUT2D eigenvalue weighted by molar-refractivity contribution is -0.300. The summed E-state index contributed by atoms with van der Waals surface area (Å²) in [4.78, 5) is 12.1. The van der Waals surface area contributed by atoms with Crippen LogP contribution in [0.3, 0.4) is 0 Å². The number of hydrogen-bond acceptors (Lipinski definition) is 10. The molecule has 10 nitrogen and oxygen atoms in total. The second kappa shape index (κ2) is 11.1. The van der Waals surface area contributed by atoms with Gasteiger partial charge in [0.1, 0.15) is 18.3 Å². The molecular formula is C20H26O10. The van der Waals surface area contributed by atoms with Gasteiger partial charge in [0.25, 0.3) is 0 Å². The normalized spacial score (nSPS) is 27.4. The summed E-state index contributed by atoms with van der Waals surface area (Å²) >= 11 is 0. The first kappa shape index (κ1) is 23.8. The van der Waals surface area contributed by atoms with Crippen LogP contribution < -0.4 is 0 Å². The molecule has 0 spiro atoms. The van der Waals surface area contributed by atoms with Crippen LogP contribution in [0.25, 0.3) is 6.08 Å².